The maximum Gasteiger partial charge on any atom is 0.373 e. The summed E-state index contributed by atoms with van der Waals surface area (Å²) in [6.45, 7) is 1.74. The van der Waals surface area contributed by atoms with Gasteiger partial charge in [-0.1, -0.05) is 6.07 Å². The molecule has 0 fully saturated rings. The number of H-pyrrole nitrogens is 1. The van der Waals surface area contributed by atoms with Crippen molar-refractivity contribution >= 4 is 17.0 Å². The SMILES string of the molecule is Cc1cc(-c2ccc3nc[nH]c3c2)nc(C(=O)O)n1. The molecular formula is C13H10N4O2. The van der Waals surface area contributed by atoms with Crippen molar-refractivity contribution in [2.45, 2.75) is 6.92 Å². The molecule has 3 aromatic rings. The van der Waals surface area contributed by atoms with Crippen molar-refractivity contribution in [3.63, 3.8) is 0 Å². The summed E-state index contributed by atoms with van der Waals surface area (Å²) in [6, 6.07) is 7.36. The lowest BCUT2D eigenvalue weighted by Gasteiger charge is -2.03. The lowest BCUT2D eigenvalue weighted by atomic mass is 10.1. The predicted molar refractivity (Wildman–Crippen MR) is 68.8 cm³/mol. The van der Waals surface area contributed by atoms with E-state index in [2.05, 4.69) is 19.9 Å². The quantitative estimate of drug-likeness (QED) is 0.730. The number of imidazole rings is 1. The van der Waals surface area contributed by atoms with E-state index in [-0.39, 0.29) is 5.82 Å². The van der Waals surface area contributed by atoms with E-state index in [0.717, 1.165) is 16.6 Å². The fraction of sp³-hybridized carbons (Fsp3) is 0.0769. The standard InChI is InChI=1S/C13H10N4O2/c1-7-4-10(17-12(16-7)13(18)19)8-2-3-9-11(5-8)15-6-14-9/h2-6H,1H3,(H,14,15)(H,18,19). The fourth-order valence-corrected chi connectivity index (χ4v) is 1.91. The number of aryl methyl sites for hydroxylation is 1. The number of carboxylic acid groups (broad SMARTS) is 1. The topological polar surface area (TPSA) is 91.8 Å². The highest BCUT2D eigenvalue weighted by molar-refractivity contribution is 5.85. The first-order chi connectivity index (χ1) is 9.13. The summed E-state index contributed by atoms with van der Waals surface area (Å²) in [5.41, 5.74) is 3.76. The second kappa shape index (κ2) is 4.16. The van der Waals surface area contributed by atoms with Crippen molar-refractivity contribution in [2.24, 2.45) is 0 Å². The van der Waals surface area contributed by atoms with Crippen molar-refractivity contribution in [1.82, 2.24) is 19.9 Å². The Morgan fingerprint density at radius 2 is 2.11 bits per heavy atom. The molecule has 19 heavy (non-hydrogen) atoms. The highest BCUT2D eigenvalue weighted by atomic mass is 16.4. The van der Waals surface area contributed by atoms with Gasteiger partial charge in [-0.25, -0.2) is 19.7 Å². The summed E-state index contributed by atoms with van der Waals surface area (Å²) in [6.07, 6.45) is 1.61. The van der Waals surface area contributed by atoms with Gasteiger partial charge in [-0.05, 0) is 25.1 Å². The zero-order chi connectivity index (χ0) is 13.4. The molecule has 0 bridgehead atoms. The van der Waals surface area contributed by atoms with Crippen LogP contribution in [0.5, 0.6) is 0 Å². The third-order valence-corrected chi connectivity index (χ3v) is 2.76. The largest absolute Gasteiger partial charge is 0.475 e. The molecule has 2 heterocycles. The van der Waals surface area contributed by atoms with Crippen LogP contribution in [0, 0.1) is 6.92 Å². The molecule has 3 rings (SSSR count). The summed E-state index contributed by atoms with van der Waals surface area (Å²) in [5.74, 6) is -1.33. The zero-order valence-corrected chi connectivity index (χ0v) is 10.1. The number of benzene rings is 1. The third-order valence-electron chi connectivity index (χ3n) is 2.76. The Labute approximate surface area is 108 Å². The Bertz CT molecular complexity index is 779. The zero-order valence-electron chi connectivity index (χ0n) is 10.1. The molecule has 0 spiro atoms. The molecule has 0 aliphatic carbocycles. The summed E-state index contributed by atoms with van der Waals surface area (Å²) in [5, 5.41) is 8.98. The highest BCUT2D eigenvalue weighted by Gasteiger charge is 2.11. The second-order valence-corrected chi connectivity index (χ2v) is 4.16. The average molecular weight is 254 g/mol. The minimum Gasteiger partial charge on any atom is -0.475 e. The lowest BCUT2D eigenvalue weighted by molar-refractivity contribution is 0.0683. The molecule has 2 aromatic heterocycles. The maximum absolute atomic E-state index is 11.0. The highest BCUT2D eigenvalue weighted by Crippen LogP contribution is 2.21. The molecule has 0 aliphatic heterocycles. The van der Waals surface area contributed by atoms with Crippen molar-refractivity contribution in [1.29, 1.82) is 0 Å². The molecule has 0 amide bonds. The Morgan fingerprint density at radius 1 is 1.26 bits per heavy atom. The van der Waals surface area contributed by atoms with Gasteiger partial charge in [0.05, 0.1) is 23.1 Å². The number of aromatic amines is 1. The number of aromatic carboxylic acids is 1. The van der Waals surface area contributed by atoms with Crippen LogP contribution in [-0.4, -0.2) is 31.0 Å². The van der Waals surface area contributed by atoms with Gasteiger partial charge in [0.2, 0.25) is 5.82 Å². The summed E-state index contributed by atoms with van der Waals surface area (Å²) in [4.78, 5) is 26.0. The van der Waals surface area contributed by atoms with E-state index in [1.165, 1.54) is 0 Å². The van der Waals surface area contributed by atoms with E-state index < -0.39 is 5.97 Å². The molecule has 6 heteroatoms. The number of rotatable bonds is 2. The van der Waals surface area contributed by atoms with Gasteiger partial charge in [-0.3, -0.25) is 0 Å². The molecule has 0 unspecified atom stereocenters. The second-order valence-electron chi connectivity index (χ2n) is 4.16. The van der Waals surface area contributed by atoms with Crippen LogP contribution in [0.15, 0.2) is 30.6 Å². The van der Waals surface area contributed by atoms with Crippen molar-refractivity contribution in [2.75, 3.05) is 0 Å². The summed E-state index contributed by atoms with van der Waals surface area (Å²) in [7, 11) is 0. The van der Waals surface area contributed by atoms with Crippen LogP contribution in [0.2, 0.25) is 0 Å². The number of carbonyl (C=O) groups is 1. The van der Waals surface area contributed by atoms with Crippen molar-refractivity contribution < 1.29 is 9.90 Å². The number of hydrogen-bond donors (Lipinski definition) is 2. The monoisotopic (exact) mass is 254 g/mol. The van der Waals surface area contributed by atoms with E-state index in [9.17, 15) is 4.79 Å². The van der Waals surface area contributed by atoms with Crippen LogP contribution in [-0.2, 0) is 0 Å². The smallest absolute Gasteiger partial charge is 0.373 e. The average Bonchev–Trinajstić information content (AvgIpc) is 2.85. The van der Waals surface area contributed by atoms with Crippen LogP contribution in [0.25, 0.3) is 22.3 Å². The first kappa shape index (κ1) is 11.3. The van der Waals surface area contributed by atoms with E-state index in [0.29, 0.717) is 11.4 Å². The molecule has 6 nitrogen and oxygen atoms in total. The van der Waals surface area contributed by atoms with Crippen LogP contribution < -0.4 is 0 Å². The van der Waals surface area contributed by atoms with Gasteiger partial charge in [0.25, 0.3) is 0 Å². The number of hydrogen-bond acceptors (Lipinski definition) is 4. The minimum atomic E-state index is -1.13. The van der Waals surface area contributed by atoms with Gasteiger partial charge in [-0.15, -0.1) is 0 Å². The molecule has 0 saturated heterocycles. The lowest BCUT2D eigenvalue weighted by Crippen LogP contribution is -2.06. The van der Waals surface area contributed by atoms with Gasteiger partial charge in [0, 0.05) is 11.3 Å². The number of nitrogens with one attached hydrogen (secondary N) is 1. The Balaban J connectivity index is 2.17. The van der Waals surface area contributed by atoms with Gasteiger partial charge in [-0.2, -0.15) is 0 Å². The molecule has 0 aliphatic rings. The van der Waals surface area contributed by atoms with E-state index >= 15 is 0 Å². The molecular weight excluding hydrogens is 244 g/mol. The van der Waals surface area contributed by atoms with Gasteiger partial charge < -0.3 is 10.1 Å². The van der Waals surface area contributed by atoms with Gasteiger partial charge in [0.15, 0.2) is 0 Å². The maximum atomic E-state index is 11.0. The first-order valence-corrected chi connectivity index (χ1v) is 5.66. The number of carboxylic acids is 1. The number of nitrogens with zero attached hydrogens (tertiary/aromatic N) is 3. The normalized spacial score (nSPS) is 10.8. The van der Waals surface area contributed by atoms with E-state index in [1.807, 2.05) is 18.2 Å². The first-order valence-electron chi connectivity index (χ1n) is 5.66. The molecule has 0 atom stereocenters. The van der Waals surface area contributed by atoms with E-state index in [4.69, 9.17) is 5.11 Å². The summed E-state index contributed by atoms with van der Waals surface area (Å²) >= 11 is 0. The van der Waals surface area contributed by atoms with Gasteiger partial charge in [0.1, 0.15) is 0 Å². The molecule has 2 N–H and O–H groups in total. The minimum absolute atomic E-state index is 0.195. The van der Waals surface area contributed by atoms with Crippen LogP contribution in [0.4, 0.5) is 0 Å². The fourth-order valence-electron chi connectivity index (χ4n) is 1.91. The van der Waals surface area contributed by atoms with Crippen molar-refractivity contribution in [3.05, 3.63) is 42.1 Å². The molecule has 94 valence electrons. The molecule has 0 saturated carbocycles. The number of aromatic nitrogens is 4. The van der Waals surface area contributed by atoms with Crippen LogP contribution in [0.1, 0.15) is 16.3 Å². The van der Waals surface area contributed by atoms with Crippen LogP contribution in [0.3, 0.4) is 0 Å². The Morgan fingerprint density at radius 3 is 2.89 bits per heavy atom. The Hall–Kier alpha value is -2.76. The predicted octanol–water partition coefficient (Wildman–Crippen LogP) is 2.03. The Kier molecular flexibility index (Phi) is 2.49. The number of fused-ring (bicyclic) bond motifs is 1. The van der Waals surface area contributed by atoms with Crippen LogP contribution >= 0.6 is 0 Å². The molecule has 1 aromatic carbocycles. The third kappa shape index (κ3) is 2.03. The summed E-state index contributed by atoms with van der Waals surface area (Å²) < 4.78 is 0. The van der Waals surface area contributed by atoms with E-state index in [1.54, 1.807) is 19.3 Å². The molecule has 0 radical (unpaired) electrons. The van der Waals surface area contributed by atoms with Gasteiger partial charge >= 0.3 is 5.97 Å². The van der Waals surface area contributed by atoms with Crippen molar-refractivity contribution in [3.8, 4) is 11.3 Å².